The third kappa shape index (κ3) is 4.40. The Bertz CT molecular complexity index is 580. The fourth-order valence-electron chi connectivity index (χ4n) is 1.64. The second kappa shape index (κ2) is 6.72. The smallest absolute Gasteiger partial charge is 0.222 e. The maximum absolute atomic E-state index is 10.9. The maximum Gasteiger partial charge on any atom is 0.222 e. The Kier molecular flexibility index (Phi) is 5.28. The SMILES string of the molecule is CC(=O)Nc1ccc(Nc2cc(C)nc(N)n2)cc1.Cl. The molecule has 0 atom stereocenters. The van der Waals surface area contributed by atoms with E-state index in [1.807, 2.05) is 19.1 Å². The van der Waals surface area contributed by atoms with Crippen LogP contribution in [0.3, 0.4) is 0 Å². The molecule has 0 aliphatic heterocycles. The number of anilines is 4. The zero-order chi connectivity index (χ0) is 13.8. The molecule has 6 nitrogen and oxygen atoms in total. The van der Waals surface area contributed by atoms with Crippen LogP contribution in [0.15, 0.2) is 30.3 Å². The summed E-state index contributed by atoms with van der Waals surface area (Å²) < 4.78 is 0. The Morgan fingerprint density at radius 3 is 2.30 bits per heavy atom. The van der Waals surface area contributed by atoms with Crippen LogP contribution in [0.1, 0.15) is 12.6 Å². The molecule has 1 aromatic carbocycles. The molecule has 0 aliphatic rings. The summed E-state index contributed by atoms with van der Waals surface area (Å²) in [7, 11) is 0. The largest absolute Gasteiger partial charge is 0.368 e. The van der Waals surface area contributed by atoms with E-state index < -0.39 is 0 Å². The lowest BCUT2D eigenvalue weighted by Gasteiger charge is -2.08. The first-order valence-electron chi connectivity index (χ1n) is 5.79. The van der Waals surface area contributed by atoms with Crippen molar-refractivity contribution in [2.24, 2.45) is 0 Å². The van der Waals surface area contributed by atoms with Crippen molar-refractivity contribution in [3.05, 3.63) is 36.0 Å². The molecule has 1 aromatic heterocycles. The fraction of sp³-hybridized carbons (Fsp3) is 0.154. The van der Waals surface area contributed by atoms with Crippen LogP contribution in [0.2, 0.25) is 0 Å². The minimum Gasteiger partial charge on any atom is -0.368 e. The lowest BCUT2D eigenvalue weighted by molar-refractivity contribution is -0.114. The van der Waals surface area contributed by atoms with Crippen LogP contribution in [-0.2, 0) is 4.79 Å². The lowest BCUT2D eigenvalue weighted by atomic mass is 10.2. The van der Waals surface area contributed by atoms with E-state index in [2.05, 4.69) is 20.6 Å². The van der Waals surface area contributed by atoms with Gasteiger partial charge in [-0.25, -0.2) is 4.98 Å². The van der Waals surface area contributed by atoms with Crippen LogP contribution >= 0.6 is 12.4 Å². The monoisotopic (exact) mass is 293 g/mol. The summed E-state index contributed by atoms with van der Waals surface area (Å²) in [4.78, 5) is 19.0. The summed E-state index contributed by atoms with van der Waals surface area (Å²) in [5.41, 5.74) is 7.98. The number of halogens is 1. The number of nitrogen functional groups attached to an aromatic ring is 1. The number of hydrogen-bond acceptors (Lipinski definition) is 5. The molecule has 0 saturated heterocycles. The molecular weight excluding hydrogens is 278 g/mol. The Hall–Kier alpha value is -2.34. The van der Waals surface area contributed by atoms with E-state index in [0.717, 1.165) is 17.1 Å². The number of benzene rings is 1. The van der Waals surface area contributed by atoms with Gasteiger partial charge in [0, 0.05) is 30.1 Å². The molecule has 0 radical (unpaired) electrons. The van der Waals surface area contributed by atoms with Gasteiger partial charge in [-0.2, -0.15) is 4.98 Å². The van der Waals surface area contributed by atoms with E-state index in [1.165, 1.54) is 6.92 Å². The molecule has 2 rings (SSSR count). The number of amides is 1. The predicted molar refractivity (Wildman–Crippen MR) is 82.5 cm³/mol. The number of carbonyl (C=O) groups excluding carboxylic acids is 1. The lowest BCUT2D eigenvalue weighted by Crippen LogP contribution is -2.05. The van der Waals surface area contributed by atoms with Crippen molar-refractivity contribution < 1.29 is 4.79 Å². The molecular formula is C13H16ClN5O. The summed E-state index contributed by atoms with van der Waals surface area (Å²) in [5.74, 6) is 0.773. The van der Waals surface area contributed by atoms with Crippen molar-refractivity contribution in [3.8, 4) is 0 Å². The van der Waals surface area contributed by atoms with E-state index in [-0.39, 0.29) is 24.3 Å². The van der Waals surface area contributed by atoms with E-state index in [4.69, 9.17) is 5.73 Å². The number of nitrogens with zero attached hydrogens (tertiary/aromatic N) is 2. The second-order valence-electron chi connectivity index (χ2n) is 4.14. The molecule has 0 aliphatic carbocycles. The van der Waals surface area contributed by atoms with E-state index in [1.54, 1.807) is 18.2 Å². The normalized spacial score (nSPS) is 9.50. The highest BCUT2D eigenvalue weighted by Gasteiger charge is 2.01. The van der Waals surface area contributed by atoms with Gasteiger partial charge in [-0.05, 0) is 31.2 Å². The molecule has 7 heteroatoms. The van der Waals surface area contributed by atoms with Gasteiger partial charge in [-0.1, -0.05) is 0 Å². The number of carbonyl (C=O) groups is 1. The van der Waals surface area contributed by atoms with Crippen molar-refractivity contribution in [3.63, 3.8) is 0 Å². The molecule has 1 heterocycles. The van der Waals surface area contributed by atoms with Crippen molar-refractivity contribution >= 4 is 41.5 Å². The van der Waals surface area contributed by atoms with Gasteiger partial charge < -0.3 is 16.4 Å². The summed E-state index contributed by atoms with van der Waals surface area (Å²) in [6.07, 6.45) is 0. The Labute approximate surface area is 123 Å². The first kappa shape index (κ1) is 15.7. The number of nitrogens with two attached hydrogens (primary N) is 1. The fourth-order valence-corrected chi connectivity index (χ4v) is 1.64. The van der Waals surface area contributed by atoms with E-state index in [0.29, 0.717) is 5.82 Å². The topological polar surface area (TPSA) is 92.9 Å². The molecule has 2 aromatic rings. The molecule has 0 spiro atoms. The highest BCUT2D eigenvalue weighted by Crippen LogP contribution is 2.18. The minimum atomic E-state index is -0.0973. The Balaban J connectivity index is 0.00000200. The molecule has 0 saturated carbocycles. The van der Waals surface area contributed by atoms with Crippen molar-refractivity contribution in [2.75, 3.05) is 16.4 Å². The van der Waals surface area contributed by atoms with Crippen molar-refractivity contribution in [2.45, 2.75) is 13.8 Å². The number of aryl methyl sites for hydroxylation is 1. The standard InChI is InChI=1S/C13H15N5O.ClH/c1-8-7-12(18-13(14)15-8)17-11-5-3-10(4-6-11)16-9(2)19;/h3-7H,1-2H3,(H,16,19)(H3,14,15,17,18);1H. The molecule has 4 N–H and O–H groups in total. The number of aromatic nitrogens is 2. The third-order valence-electron chi connectivity index (χ3n) is 2.35. The minimum absolute atomic E-state index is 0. The summed E-state index contributed by atoms with van der Waals surface area (Å²) in [6.45, 7) is 3.32. The van der Waals surface area contributed by atoms with Gasteiger partial charge in [-0.3, -0.25) is 4.79 Å². The average molecular weight is 294 g/mol. The highest BCUT2D eigenvalue weighted by molar-refractivity contribution is 5.88. The first-order valence-corrected chi connectivity index (χ1v) is 5.79. The van der Waals surface area contributed by atoms with Crippen molar-refractivity contribution in [1.29, 1.82) is 0 Å². The van der Waals surface area contributed by atoms with E-state index in [9.17, 15) is 4.79 Å². The van der Waals surface area contributed by atoms with E-state index >= 15 is 0 Å². The Morgan fingerprint density at radius 2 is 1.75 bits per heavy atom. The molecule has 0 fully saturated rings. The number of nitrogens with one attached hydrogen (secondary N) is 2. The highest BCUT2D eigenvalue weighted by atomic mass is 35.5. The summed E-state index contributed by atoms with van der Waals surface area (Å²) in [5, 5.41) is 5.82. The number of hydrogen-bond donors (Lipinski definition) is 3. The van der Waals surface area contributed by atoms with Crippen molar-refractivity contribution in [1.82, 2.24) is 9.97 Å². The number of rotatable bonds is 3. The zero-order valence-electron chi connectivity index (χ0n) is 11.2. The zero-order valence-corrected chi connectivity index (χ0v) is 12.0. The van der Waals surface area contributed by atoms with Gasteiger partial charge in [0.25, 0.3) is 0 Å². The molecule has 0 bridgehead atoms. The predicted octanol–water partition coefficient (Wildman–Crippen LogP) is 2.49. The first-order chi connectivity index (χ1) is 9.02. The molecule has 20 heavy (non-hydrogen) atoms. The summed E-state index contributed by atoms with van der Waals surface area (Å²) in [6, 6.07) is 9.11. The Morgan fingerprint density at radius 1 is 1.15 bits per heavy atom. The van der Waals surface area contributed by atoms with Crippen LogP contribution < -0.4 is 16.4 Å². The van der Waals surface area contributed by atoms with Crippen LogP contribution in [0.25, 0.3) is 0 Å². The van der Waals surface area contributed by atoms with Crippen LogP contribution in [-0.4, -0.2) is 15.9 Å². The molecule has 1 amide bonds. The molecule has 0 unspecified atom stereocenters. The van der Waals surface area contributed by atoms with Crippen LogP contribution in [0.5, 0.6) is 0 Å². The van der Waals surface area contributed by atoms with Gasteiger partial charge in [0.1, 0.15) is 5.82 Å². The van der Waals surface area contributed by atoms with Gasteiger partial charge in [0.2, 0.25) is 11.9 Å². The third-order valence-corrected chi connectivity index (χ3v) is 2.35. The van der Waals surface area contributed by atoms with Gasteiger partial charge in [-0.15, -0.1) is 12.4 Å². The van der Waals surface area contributed by atoms with Crippen LogP contribution in [0.4, 0.5) is 23.1 Å². The van der Waals surface area contributed by atoms with Gasteiger partial charge in [0.15, 0.2) is 0 Å². The average Bonchev–Trinajstić information content (AvgIpc) is 2.29. The quantitative estimate of drug-likeness (QED) is 0.808. The van der Waals surface area contributed by atoms with Crippen LogP contribution in [0, 0.1) is 6.92 Å². The maximum atomic E-state index is 10.9. The van der Waals surface area contributed by atoms with Gasteiger partial charge >= 0.3 is 0 Å². The molecule has 106 valence electrons. The summed E-state index contributed by atoms with van der Waals surface area (Å²) >= 11 is 0. The second-order valence-corrected chi connectivity index (χ2v) is 4.14. The van der Waals surface area contributed by atoms with Gasteiger partial charge in [0.05, 0.1) is 0 Å².